The summed E-state index contributed by atoms with van der Waals surface area (Å²) in [6.45, 7) is 1.93. The monoisotopic (exact) mass is 480 g/mol. The van der Waals surface area contributed by atoms with E-state index >= 15 is 0 Å². The number of rotatable bonds is 4. The van der Waals surface area contributed by atoms with Crippen molar-refractivity contribution in [3.63, 3.8) is 0 Å². The van der Waals surface area contributed by atoms with E-state index < -0.39 is 17.2 Å². The van der Waals surface area contributed by atoms with Crippen LogP contribution in [0.25, 0.3) is 27.8 Å². The van der Waals surface area contributed by atoms with Gasteiger partial charge in [0.1, 0.15) is 23.5 Å². The Labute approximate surface area is 194 Å². The number of hydrogen-bond donors (Lipinski definition) is 3. The molecule has 172 valence electrons. The summed E-state index contributed by atoms with van der Waals surface area (Å²) in [7, 11) is 0. The van der Waals surface area contributed by atoms with E-state index in [4.69, 9.17) is 0 Å². The molecule has 0 bridgehead atoms. The fourth-order valence-corrected chi connectivity index (χ4v) is 5.06. The van der Waals surface area contributed by atoms with Crippen LogP contribution < -0.4 is 16.2 Å². The zero-order chi connectivity index (χ0) is 23.2. The van der Waals surface area contributed by atoms with Crippen molar-refractivity contribution < 1.29 is 8.78 Å². The molecule has 3 N–H and O–H groups in total. The summed E-state index contributed by atoms with van der Waals surface area (Å²) in [5, 5.41) is 8.83. The molecule has 0 atom stereocenters. The van der Waals surface area contributed by atoms with Crippen LogP contribution in [0.2, 0.25) is 0 Å². The second-order valence-corrected chi connectivity index (χ2v) is 8.93. The number of hydrogen-bond acceptors (Lipinski definition) is 8. The fourth-order valence-electron chi connectivity index (χ4n) is 4.28. The molecular formula is C22H18F2N8OS. The van der Waals surface area contributed by atoms with Crippen molar-refractivity contribution >= 4 is 39.0 Å². The predicted octanol–water partition coefficient (Wildman–Crippen LogP) is 3.58. The summed E-state index contributed by atoms with van der Waals surface area (Å²) in [6, 6.07) is 2.60. The van der Waals surface area contributed by atoms with Crippen LogP contribution >= 0.6 is 11.3 Å². The number of anilines is 2. The number of halogens is 2. The number of aromatic nitrogens is 6. The van der Waals surface area contributed by atoms with Crippen LogP contribution in [0.5, 0.6) is 0 Å². The highest BCUT2D eigenvalue weighted by Gasteiger charge is 2.19. The molecule has 5 heterocycles. The first-order valence-corrected chi connectivity index (χ1v) is 11.6. The van der Waals surface area contributed by atoms with Crippen molar-refractivity contribution in [2.24, 2.45) is 0 Å². The van der Waals surface area contributed by atoms with Gasteiger partial charge in [0, 0.05) is 16.9 Å². The first-order chi connectivity index (χ1) is 16.6. The lowest BCUT2D eigenvalue weighted by atomic mass is 9.96. The number of nitrogens with zero attached hydrogens (tertiary/aromatic N) is 5. The van der Waals surface area contributed by atoms with Gasteiger partial charge in [-0.05, 0) is 38.1 Å². The van der Waals surface area contributed by atoms with E-state index in [2.05, 4.69) is 35.6 Å². The summed E-state index contributed by atoms with van der Waals surface area (Å²) in [5.41, 5.74) is 1.15. The van der Waals surface area contributed by atoms with Crippen LogP contribution in [0, 0.1) is 11.6 Å². The molecule has 1 aromatic carbocycles. The normalized spacial score (nSPS) is 14.8. The molecule has 0 unspecified atom stereocenters. The van der Waals surface area contributed by atoms with Crippen molar-refractivity contribution in [2.75, 3.05) is 18.4 Å². The molecule has 1 aliphatic heterocycles. The lowest BCUT2D eigenvalue weighted by molar-refractivity contribution is 0.455. The molecule has 12 heteroatoms. The molecule has 0 radical (unpaired) electrons. The number of aromatic amines is 1. The Bertz CT molecular complexity index is 1590. The topological polar surface area (TPSA) is 113 Å². The van der Waals surface area contributed by atoms with Crippen molar-refractivity contribution in [1.29, 1.82) is 0 Å². The van der Waals surface area contributed by atoms with Crippen molar-refractivity contribution in [3.8, 4) is 11.3 Å². The average molecular weight is 481 g/mol. The third-order valence-electron chi connectivity index (χ3n) is 5.95. The molecule has 5 aromatic rings. The summed E-state index contributed by atoms with van der Waals surface area (Å²) >= 11 is 1.43. The molecule has 9 nitrogen and oxygen atoms in total. The summed E-state index contributed by atoms with van der Waals surface area (Å²) < 4.78 is 31.2. The molecule has 0 saturated carbocycles. The van der Waals surface area contributed by atoms with Gasteiger partial charge in [0.25, 0.3) is 5.56 Å². The van der Waals surface area contributed by atoms with Crippen molar-refractivity contribution in [1.82, 2.24) is 34.6 Å². The maximum Gasteiger partial charge on any atom is 0.261 e. The standard InChI is InChI=1S/C22H18F2N8OS/c23-13-5-12(6-16-18(13)20(33)29-17-8-26-10-32(16)17)19-14(24)7-27-21(30-19)31-22-28-15(9-34-22)11-1-3-25-4-2-11/h5-11,25H,1-4H2,(H,29,33)(H,27,28,30,31). The van der Waals surface area contributed by atoms with Gasteiger partial charge < -0.3 is 15.6 Å². The number of imidazole rings is 1. The quantitative estimate of drug-likeness (QED) is 0.360. The lowest BCUT2D eigenvalue weighted by Crippen LogP contribution is -2.26. The third-order valence-corrected chi connectivity index (χ3v) is 6.73. The zero-order valence-corrected chi connectivity index (χ0v) is 18.5. The molecule has 1 aliphatic rings. The van der Waals surface area contributed by atoms with E-state index in [1.807, 2.05) is 5.38 Å². The molecule has 6 rings (SSSR count). The van der Waals surface area contributed by atoms with Gasteiger partial charge in [-0.1, -0.05) is 0 Å². The smallest absolute Gasteiger partial charge is 0.261 e. The van der Waals surface area contributed by atoms with E-state index in [0.717, 1.165) is 43.9 Å². The second kappa shape index (κ2) is 8.22. The highest BCUT2D eigenvalue weighted by atomic mass is 32.1. The maximum absolute atomic E-state index is 14.9. The Morgan fingerprint density at radius 2 is 1.97 bits per heavy atom. The fraction of sp³-hybridized carbons (Fsp3) is 0.227. The van der Waals surface area contributed by atoms with Crippen molar-refractivity contribution in [2.45, 2.75) is 18.8 Å². The lowest BCUT2D eigenvalue weighted by Gasteiger charge is -2.20. The van der Waals surface area contributed by atoms with Gasteiger partial charge in [-0.3, -0.25) is 9.20 Å². The first kappa shape index (κ1) is 20.8. The van der Waals surface area contributed by atoms with E-state index in [-0.39, 0.29) is 28.1 Å². The van der Waals surface area contributed by atoms with E-state index in [9.17, 15) is 13.6 Å². The highest BCUT2D eigenvalue weighted by Crippen LogP contribution is 2.31. The van der Waals surface area contributed by atoms with Crippen LogP contribution in [0.4, 0.5) is 19.9 Å². The van der Waals surface area contributed by atoms with Gasteiger partial charge in [-0.2, -0.15) is 0 Å². The molecule has 1 saturated heterocycles. The molecule has 1 fully saturated rings. The van der Waals surface area contributed by atoms with Crippen LogP contribution in [0.3, 0.4) is 0 Å². The molecule has 0 spiro atoms. The Morgan fingerprint density at radius 3 is 2.82 bits per heavy atom. The Kier molecular flexibility index (Phi) is 5.03. The van der Waals surface area contributed by atoms with Gasteiger partial charge in [0.2, 0.25) is 5.95 Å². The van der Waals surface area contributed by atoms with Crippen LogP contribution in [0.1, 0.15) is 24.5 Å². The van der Waals surface area contributed by atoms with Crippen LogP contribution in [-0.2, 0) is 0 Å². The van der Waals surface area contributed by atoms with E-state index in [1.165, 1.54) is 34.3 Å². The SMILES string of the molecule is O=c1[nH]c2cncn2c2cc(-c3nc(Nc4nc(C5CCNCC5)cs4)ncc3F)cc(F)c12. The minimum absolute atomic E-state index is 0.0954. The second-order valence-electron chi connectivity index (χ2n) is 8.07. The van der Waals surface area contributed by atoms with Crippen LogP contribution in [-0.4, -0.2) is 42.4 Å². The number of fused-ring (bicyclic) bond motifs is 3. The molecular weight excluding hydrogens is 462 g/mol. The van der Waals surface area contributed by atoms with Crippen LogP contribution in [0.15, 0.2) is 41.0 Å². The first-order valence-electron chi connectivity index (χ1n) is 10.7. The molecule has 34 heavy (non-hydrogen) atoms. The summed E-state index contributed by atoms with van der Waals surface area (Å²) in [4.78, 5) is 31.8. The Hall–Kier alpha value is -3.77. The summed E-state index contributed by atoms with van der Waals surface area (Å²) in [6.07, 6.45) is 5.98. The third kappa shape index (κ3) is 3.60. The number of H-pyrrole nitrogens is 1. The minimum atomic E-state index is -0.789. The highest BCUT2D eigenvalue weighted by molar-refractivity contribution is 7.13. The number of benzene rings is 1. The predicted molar refractivity (Wildman–Crippen MR) is 125 cm³/mol. The van der Waals surface area contributed by atoms with Gasteiger partial charge >= 0.3 is 0 Å². The number of piperidine rings is 1. The zero-order valence-electron chi connectivity index (χ0n) is 17.7. The van der Waals surface area contributed by atoms with Gasteiger partial charge in [-0.25, -0.2) is 28.7 Å². The number of thiazole rings is 1. The largest absolute Gasteiger partial charge is 0.317 e. The number of nitrogens with one attached hydrogen (secondary N) is 3. The maximum atomic E-state index is 14.9. The Morgan fingerprint density at radius 1 is 1.12 bits per heavy atom. The minimum Gasteiger partial charge on any atom is -0.317 e. The average Bonchev–Trinajstić information content (AvgIpc) is 3.50. The van der Waals surface area contributed by atoms with Crippen molar-refractivity contribution in [3.05, 3.63) is 63.9 Å². The molecule has 4 aromatic heterocycles. The molecule has 0 aliphatic carbocycles. The van der Waals surface area contributed by atoms with Gasteiger partial charge in [-0.15, -0.1) is 11.3 Å². The van der Waals surface area contributed by atoms with Gasteiger partial charge in [0.15, 0.2) is 10.9 Å². The van der Waals surface area contributed by atoms with Gasteiger partial charge in [0.05, 0.1) is 29.0 Å². The summed E-state index contributed by atoms with van der Waals surface area (Å²) in [5.74, 6) is -0.961. The molecule has 0 amide bonds. The Balaban J connectivity index is 1.37. The van der Waals surface area contributed by atoms with E-state index in [0.29, 0.717) is 16.7 Å². The van der Waals surface area contributed by atoms with E-state index in [1.54, 1.807) is 0 Å².